The van der Waals surface area contributed by atoms with Crippen LogP contribution in [0.4, 0.5) is 0 Å². The van der Waals surface area contributed by atoms with Gasteiger partial charge >= 0.3 is 5.97 Å². The molecule has 21 heavy (non-hydrogen) atoms. The van der Waals surface area contributed by atoms with E-state index in [1.54, 1.807) is 4.90 Å². The Labute approximate surface area is 126 Å². The highest BCUT2D eigenvalue weighted by Gasteiger charge is 2.14. The summed E-state index contributed by atoms with van der Waals surface area (Å²) in [7, 11) is 1.81. The van der Waals surface area contributed by atoms with Gasteiger partial charge in [0.2, 0.25) is 0 Å². The molecule has 2 rings (SSSR count). The molecule has 0 unspecified atom stereocenters. The largest absolute Gasteiger partial charge is 0.493 e. The van der Waals surface area contributed by atoms with Gasteiger partial charge in [0.15, 0.2) is 0 Å². The van der Waals surface area contributed by atoms with E-state index in [0.717, 1.165) is 17.9 Å². The molecule has 0 amide bonds. The Balaban J connectivity index is 1.83. The second kappa shape index (κ2) is 8.03. The van der Waals surface area contributed by atoms with Crippen molar-refractivity contribution in [2.24, 2.45) is 5.92 Å². The van der Waals surface area contributed by atoms with Crippen molar-refractivity contribution in [1.29, 1.82) is 0 Å². The number of likely N-dealkylation sites (N-methyl/N-ethyl adjacent to an activating group) is 1. The van der Waals surface area contributed by atoms with Gasteiger partial charge in [-0.3, -0.25) is 9.69 Å². The normalized spacial score (nSPS) is 16.1. The second-order valence-corrected chi connectivity index (χ2v) is 6.03. The number of carboxylic acids is 1. The summed E-state index contributed by atoms with van der Waals surface area (Å²) in [4.78, 5) is 12.5. The van der Waals surface area contributed by atoms with Crippen LogP contribution in [-0.4, -0.2) is 36.2 Å². The molecular weight excluding hydrogens is 266 g/mol. The number of ether oxygens (including phenoxy) is 1. The molecule has 1 N–H and O–H groups in total. The van der Waals surface area contributed by atoms with Crippen molar-refractivity contribution in [3.63, 3.8) is 0 Å². The van der Waals surface area contributed by atoms with Gasteiger partial charge in [0, 0.05) is 6.54 Å². The van der Waals surface area contributed by atoms with Crippen LogP contribution >= 0.6 is 0 Å². The maximum Gasteiger partial charge on any atom is 0.317 e. The quantitative estimate of drug-likeness (QED) is 0.838. The lowest BCUT2D eigenvalue weighted by Crippen LogP contribution is -2.25. The monoisotopic (exact) mass is 291 g/mol. The van der Waals surface area contributed by atoms with Gasteiger partial charge in [-0.2, -0.15) is 0 Å². The van der Waals surface area contributed by atoms with Crippen LogP contribution in [-0.2, 0) is 11.3 Å². The van der Waals surface area contributed by atoms with Crippen molar-refractivity contribution >= 4 is 5.97 Å². The maximum atomic E-state index is 10.7. The van der Waals surface area contributed by atoms with E-state index < -0.39 is 5.97 Å². The molecule has 0 aliphatic heterocycles. The van der Waals surface area contributed by atoms with E-state index in [1.807, 2.05) is 31.3 Å². The number of carboxylic acid groups (broad SMARTS) is 1. The van der Waals surface area contributed by atoms with Gasteiger partial charge in [-0.05, 0) is 43.5 Å². The molecule has 116 valence electrons. The molecule has 0 atom stereocenters. The predicted molar refractivity (Wildman–Crippen MR) is 82.5 cm³/mol. The predicted octanol–water partition coefficient (Wildman–Crippen LogP) is 3.16. The summed E-state index contributed by atoms with van der Waals surface area (Å²) in [6, 6.07) is 7.97. The Bertz CT molecular complexity index is 455. The van der Waals surface area contributed by atoms with Crippen LogP contribution in [0.2, 0.25) is 0 Å². The lowest BCUT2D eigenvalue weighted by atomic mass is 9.90. The number of benzene rings is 1. The topological polar surface area (TPSA) is 49.8 Å². The zero-order chi connectivity index (χ0) is 15.1. The minimum Gasteiger partial charge on any atom is -0.493 e. The van der Waals surface area contributed by atoms with Gasteiger partial charge < -0.3 is 9.84 Å². The Morgan fingerprint density at radius 1 is 1.33 bits per heavy atom. The average Bonchev–Trinajstić information content (AvgIpc) is 2.46. The molecule has 0 aromatic heterocycles. The Morgan fingerprint density at radius 3 is 2.81 bits per heavy atom. The van der Waals surface area contributed by atoms with E-state index in [4.69, 9.17) is 9.84 Å². The van der Waals surface area contributed by atoms with Gasteiger partial charge in [0.05, 0.1) is 13.2 Å². The van der Waals surface area contributed by atoms with Crippen LogP contribution in [0.15, 0.2) is 24.3 Å². The lowest BCUT2D eigenvalue weighted by molar-refractivity contribution is -0.138. The van der Waals surface area contributed by atoms with Crippen molar-refractivity contribution in [1.82, 2.24) is 4.90 Å². The molecule has 1 aliphatic rings. The molecular formula is C17H25NO3. The van der Waals surface area contributed by atoms with E-state index in [-0.39, 0.29) is 6.54 Å². The molecule has 1 aromatic rings. The molecule has 0 heterocycles. The second-order valence-electron chi connectivity index (χ2n) is 6.03. The summed E-state index contributed by atoms with van der Waals surface area (Å²) in [5.41, 5.74) is 1.08. The minimum absolute atomic E-state index is 0.0488. The molecule has 1 aromatic carbocycles. The first kappa shape index (κ1) is 15.8. The van der Waals surface area contributed by atoms with Gasteiger partial charge in [0.1, 0.15) is 5.75 Å². The fourth-order valence-electron chi connectivity index (χ4n) is 2.90. The van der Waals surface area contributed by atoms with Crippen molar-refractivity contribution in [2.75, 3.05) is 20.2 Å². The molecule has 1 fully saturated rings. The average molecular weight is 291 g/mol. The molecule has 0 radical (unpaired) electrons. The number of nitrogens with zero attached hydrogens (tertiary/aromatic N) is 1. The first-order valence-electron chi connectivity index (χ1n) is 7.75. The van der Waals surface area contributed by atoms with Crippen LogP contribution in [0.3, 0.4) is 0 Å². The fraction of sp³-hybridized carbons (Fsp3) is 0.588. The molecule has 0 bridgehead atoms. The number of rotatable bonds is 7. The van der Waals surface area contributed by atoms with Gasteiger partial charge in [0.25, 0.3) is 0 Å². The zero-order valence-electron chi connectivity index (χ0n) is 12.8. The summed E-state index contributed by atoms with van der Waals surface area (Å²) < 4.78 is 5.91. The van der Waals surface area contributed by atoms with Crippen molar-refractivity contribution in [3.8, 4) is 5.75 Å². The molecule has 1 saturated carbocycles. The summed E-state index contributed by atoms with van der Waals surface area (Å²) >= 11 is 0. The highest BCUT2D eigenvalue weighted by Crippen LogP contribution is 2.25. The summed E-state index contributed by atoms with van der Waals surface area (Å²) in [6.07, 6.45) is 6.58. The highest BCUT2D eigenvalue weighted by atomic mass is 16.5. The van der Waals surface area contributed by atoms with Crippen LogP contribution in [0.1, 0.15) is 37.7 Å². The van der Waals surface area contributed by atoms with Gasteiger partial charge in [-0.15, -0.1) is 0 Å². The van der Waals surface area contributed by atoms with E-state index in [0.29, 0.717) is 12.5 Å². The lowest BCUT2D eigenvalue weighted by Gasteiger charge is -2.22. The van der Waals surface area contributed by atoms with Crippen LogP contribution in [0.5, 0.6) is 5.75 Å². The van der Waals surface area contributed by atoms with E-state index >= 15 is 0 Å². The number of hydrogen-bond acceptors (Lipinski definition) is 3. The van der Waals surface area contributed by atoms with Crippen LogP contribution in [0, 0.1) is 5.92 Å². The standard InChI is InChI=1S/C17H25NO3/c1-18(12-17(19)20)11-15-8-5-9-16(10-15)21-13-14-6-3-2-4-7-14/h5,8-10,14H,2-4,6-7,11-13H2,1H3,(H,19,20). The third-order valence-electron chi connectivity index (χ3n) is 3.97. The molecule has 0 spiro atoms. The van der Waals surface area contributed by atoms with Gasteiger partial charge in [-0.1, -0.05) is 31.4 Å². The molecule has 1 aliphatic carbocycles. The van der Waals surface area contributed by atoms with Crippen molar-refractivity contribution in [2.45, 2.75) is 38.6 Å². The number of carbonyl (C=O) groups is 1. The molecule has 0 saturated heterocycles. The smallest absolute Gasteiger partial charge is 0.317 e. The summed E-state index contributed by atoms with van der Waals surface area (Å²) in [5, 5.41) is 8.78. The highest BCUT2D eigenvalue weighted by molar-refractivity contribution is 5.69. The Morgan fingerprint density at radius 2 is 2.10 bits per heavy atom. The van der Waals surface area contributed by atoms with E-state index in [2.05, 4.69) is 0 Å². The van der Waals surface area contributed by atoms with Gasteiger partial charge in [-0.25, -0.2) is 0 Å². The number of hydrogen-bond donors (Lipinski definition) is 1. The van der Waals surface area contributed by atoms with Crippen LogP contribution < -0.4 is 4.74 Å². The Kier molecular flexibility index (Phi) is 6.05. The minimum atomic E-state index is -0.804. The van der Waals surface area contributed by atoms with Crippen molar-refractivity contribution < 1.29 is 14.6 Å². The first-order valence-corrected chi connectivity index (χ1v) is 7.75. The molecule has 4 heteroatoms. The van der Waals surface area contributed by atoms with Crippen LogP contribution in [0.25, 0.3) is 0 Å². The fourth-order valence-corrected chi connectivity index (χ4v) is 2.90. The van der Waals surface area contributed by atoms with E-state index in [1.165, 1.54) is 32.1 Å². The van der Waals surface area contributed by atoms with E-state index in [9.17, 15) is 4.79 Å². The summed E-state index contributed by atoms with van der Waals surface area (Å²) in [6.45, 7) is 1.47. The van der Waals surface area contributed by atoms with Crippen molar-refractivity contribution in [3.05, 3.63) is 29.8 Å². The SMILES string of the molecule is CN(CC(=O)O)Cc1cccc(OCC2CCCCC2)c1. The number of aliphatic carboxylic acids is 1. The maximum absolute atomic E-state index is 10.7. The zero-order valence-corrected chi connectivity index (χ0v) is 12.8. The third-order valence-corrected chi connectivity index (χ3v) is 3.97. The third kappa shape index (κ3) is 5.76. The first-order chi connectivity index (χ1) is 10.1. The Hall–Kier alpha value is -1.55. The molecule has 4 nitrogen and oxygen atoms in total. The summed E-state index contributed by atoms with van der Waals surface area (Å²) in [5.74, 6) is 0.779.